The van der Waals surface area contributed by atoms with Gasteiger partial charge in [0.25, 0.3) is 5.56 Å². The van der Waals surface area contributed by atoms with E-state index in [0.717, 1.165) is 17.2 Å². The number of hydrogen-bond donors (Lipinski definition) is 1. The van der Waals surface area contributed by atoms with E-state index in [1.165, 1.54) is 5.06 Å². The standard InChI is InChI=1S/C24H30BrN3O4/c1-13(2)10-14(3)31-23(30)28(24(5,6)7)32-20-12-19-17(11-18(20)25)16-8-9-26-15(4)21(16)22(29)27-19/h8-9,11-14H,10H2,1-7H3,(H,27,29)/t14-/m0/s1. The van der Waals surface area contributed by atoms with Crippen LogP contribution in [0.1, 0.15) is 53.7 Å². The molecule has 2 aromatic heterocycles. The number of ether oxygens (including phenoxy) is 1. The molecule has 0 bridgehead atoms. The SMILES string of the molecule is Cc1nccc2c1c(=O)[nH]c1cc(ON(C(=O)O[C@@H](C)CC(C)C)C(C)(C)C)c(Br)cc12. The van der Waals surface area contributed by atoms with Gasteiger partial charge in [0.1, 0.15) is 6.10 Å². The molecule has 172 valence electrons. The smallest absolute Gasteiger partial charge is 0.443 e. The Bertz CT molecular complexity index is 1210. The summed E-state index contributed by atoms with van der Waals surface area (Å²) in [6, 6.07) is 5.40. The molecule has 3 aromatic rings. The van der Waals surface area contributed by atoms with E-state index in [4.69, 9.17) is 9.57 Å². The summed E-state index contributed by atoms with van der Waals surface area (Å²) in [5, 5.41) is 3.43. The van der Waals surface area contributed by atoms with Gasteiger partial charge in [-0.15, -0.1) is 5.06 Å². The van der Waals surface area contributed by atoms with Gasteiger partial charge in [-0.05, 0) is 80.4 Å². The van der Waals surface area contributed by atoms with Gasteiger partial charge in [0.15, 0.2) is 5.75 Å². The van der Waals surface area contributed by atoms with Crippen molar-refractivity contribution in [2.75, 3.05) is 0 Å². The second kappa shape index (κ2) is 9.10. The van der Waals surface area contributed by atoms with Gasteiger partial charge in [-0.25, -0.2) is 4.79 Å². The second-order valence-corrected chi connectivity index (χ2v) is 10.3. The summed E-state index contributed by atoms with van der Waals surface area (Å²) < 4.78 is 6.26. The van der Waals surface area contributed by atoms with E-state index in [2.05, 4.69) is 39.7 Å². The topological polar surface area (TPSA) is 84.5 Å². The summed E-state index contributed by atoms with van der Waals surface area (Å²) in [7, 11) is 0. The molecule has 1 N–H and O–H groups in total. The molecule has 7 nitrogen and oxygen atoms in total. The van der Waals surface area contributed by atoms with Gasteiger partial charge >= 0.3 is 6.09 Å². The van der Waals surface area contributed by atoms with Crippen LogP contribution in [0.3, 0.4) is 0 Å². The number of rotatable bonds is 5. The first-order chi connectivity index (χ1) is 14.9. The summed E-state index contributed by atoms with van der Waals surface area (Å²) >= 11 is 3.56. The number of aromatic nitrogens is 2. The van der Waals surface area contributed by atoms with E-state index in [1.54, 1.807) is 12.3 Å². The predicted molar refractivity (Wildman–Crippen MR) is 130 cm³/mol. The second-order valence-electron chi connectivity index (χ2n) is 9.48. The molecule has 0 aliphatic heterocycles. The lowest BCUT2D eigenvalue weighted by molar-refractivity contribution is -0.111. The van der Waals surface area contributed by atoms with Gasteiger partial charge < -0.3 is 14.6 Å². The average Bonchev–Trinajstić information content (AvgIpc) is 2.65. The number of aromatic amines is 1. The summed E-state index contributed by atoms with van der Waals surface area (Å²) in [6.45, 7) is 13.4. The third kappa shape index (κ3) is 5.06. The molecular weight excluding hydrogens is 474 g/mol. The zero-order chi connectivity index (χ0) is 23.8. The van der Waals surface area contributed by atoms with E-state index in [1.807, 2.05) is 46.8 Å². The molecule has 1 atom stereocenters. The predicted octanol–water partition coefficient (Wildman–Crippen LogP) is 6.11. The molecule has 0 fully saturated rings. The Hall–Kier alpha value is -2.61. The third-order valence-electron chi connectivity index (χ3n) is 5.05. The minimum Gasteiger partial charge on any atom is -0.444 e. The largest absolute Gasteiger partial charge is 0.444 e. The lowest BCUT2D eigenvalue weighted by atomic mass is 10.1. The maximum absolute atomic E-state index is 12.9. The molecule has 2 heterocycles. The van der Waals surface area contributed by atoms with Crippen LogP contribution in [0.5, 0.6) is 5.75 Å². The lowest BCUT2D eigenvalue weighted by Gasteiger charge is -2.34. The first kappa shape index (κ1) is 24.0. The molecule has 3 rings (SSSR count). The van der Waals surface area contributed by atoms with E-state index in [9.17, 15) is 9.59 Å². The van der Waals surface area contributed by atoms with Gasteiger partial charge in [0.2, 0.25) is 0 Å². The molecule has 1 aromatic carbocycles. The molecule has 32 heavy (non-hydrogen) atoms. The molecule has 0 aliphatic carbocycles. The number of benzene rings is 1. The Morgan fingerprint density at radius 1 is 1.22 bits per heavy atom. The first-order valence-corrected chi connectivity index (χ1v) is 11.5. The number of nitrogens with one attached hydrogen (secondary N) is 1. The highest BCUT2D eigenvalue weighted by Gasteiger charge is 2.32. The van der Waals surface area contributed by atoms with Crippen molar-refractivity contribution < 1.29 is 14.4 Å². The van der Waals surface area contributed by atoms with Gasteiger partial charge in [-0.2, -0.15) is 0 Å². The van der Waals surface area contributed by atoms with Gasteiger partial charge in [0.05, 0.1) is 26.6 Å². The van der Waals surface area contributed by atoms with E-state index < -0.39 is 11.6 Å². The normalized spacial score (nSPS) is 12.9. The van der Waals surface area contributed by atoms with Crippen LogP contribution >= 0.6 is 15.9 Å². The Balaban J connectivity index is 2.02. The number of carbonyl (C=O) groups excluding carboxylic acids is 1. The van der Waals surface area contributed by atoms with Crippen LogP contribution in [0.4, 0.5) is 4.79 Å². The number of fused-ring (bicyclic) bond motifs is 3. The number of halogens is 1. The number of H-pyrrole nitrogens is 1. The Labute approximate surface area is 196 Å². The number of hydrogen-bond acceptors (Lipinski definition) is 5. The third-order valence-corrected chi connectivity index (χ3v) is 5.67. The maximum Gasteiger partial charge on any atom is 0.443 e. The fourth-order valence-electron chi connectivity index (χ4n) is 3.69. The molecule has 0 radical (unpaired) electrons. The van der Waals surface area contributed by atoms with Crippen LogP contribution in [0.15, 0.2) is 33.7 Å². The fourth-order valence-corrected chi connectivity index (χ4v) is 4.11. The summed E-state index contributed by atoms with van der Waals surface area (Å²) in [5.74, 6) is 0.795. The number of carbonyl (C=O) groups is 1. The van der Waals surface area contributed by atoms with Crippen molar-refractivity contribution in [2.24, 2.45) is 5.92 Å². The lowest BCUT2D eigenvalue weighted by Crippen LogP contribution is -2.49. The van der Waals surface area contributed by atoms with Crippen LogP contribution in [-0.4, -0.2) is 32.8 Å². The van der Waals surface area contributed by atoms with Crippen LogP contribution < -0.4 is 10.4 Å². The molecule has 8 heteroatoms. The Kier molecular flexibility index (Phi) is 6.83. The summed E-state index contributed by atoms with van der Waals surface area (Å²) in [5.41, 5.74) is 0.379. The number of hydroxylamine groups is 2. The van der Waals surface area contributed by atoms with E-state index >= 15 is 0 Å². The number of amides is 1. The van der Waals surface area contributed by atoms with Crippen LogP contribution in [0, 0.1) is 12.8 Å². The van der Waals surface area contributed by atoms with Crippen LogP contribution in [0.25, 0.3) is 21.7 Å². The van der Waals surface area contributed by atoms with E-state index in [-0.39, 0.29) is 11.7 Å². The van der Waals surface area contributed by atoms with Gasteiger partial charge in [-0.1, -0.05) is 13.8 Å². The molecule has 1 amide bonds. The minimum absolute atomic E-state index is 0.221. The van der Waals surface area contributed by atoms with Gasteiger partial charge in [0, 0.05) is 17.6 Å². The van der Waals surface area contributed by atoms with Crippen molar-refractivity contribution in [1.29, 1.82) is 0 Å². The molecular formula is C24H30BrN3O4. The van der Waals surface area contributed by atoms with Gasteiger partial charge in [-0.3, -0.25) is 9.78 Å². The highest BCUT2D eigenvalue weighted by molar-refractivity contribution is 9.10. The van der Waals surface area contributed by atoms with Crippen molar-refractivity contribution in [3.63, 3.8) is 0 Å². The number of aryl methyl sites for hydroxylation is 1. The van der Waals surface area contributed by atoms with Crippen LogP contribution in [0.2, 0.25) is 0 Å². The van der Waals surface area contributed by atoms with Crippen molar-refractivity contribution in [2.45, 2.75) is 66.5 Å². The first-order valence-electron chi connectivity index (χ1n) is 10.7. The molecule has 0 spiro atoms. The molecule has 0 saturated heterocycles. The monoisotopic (exact) mass is 503 g/mol. The zero-order valence-corrected chi connectivity index (χ0v) is 21.2. The minimum atomic E-state index is -0.664. The zero-order valence-electron chi connectivity index (χ0n) is 19.6. The summed E-state index contributed by atoms with van der Waals surface area (Å²) in [4.78, 5) is 38.8. The number of pyridine rings is 2. The van der Waals surface area contributed by atoms with Crippen molar-refractivity contribution >= 4 is 43.7 Å². The van der Waals surface area contributed by atoms with Crippen molar-refractivity contribution in [3.05, 3.63) is 44.9 Å². The highest BCUT2D eigenvalue weighted by atomic mass is 79.9. The number of nitrogens with zero attached hydrogens (tertiary/aromatic N) is 2. The molecule has 0 aliphatic rings. The quantitative estimate of drug-likeness (QED) is 0.335. The fraction of sp³-hybridized carbons (Fsp3) is 0.458. The molecule has 0 saturated carbocycles. The van der Waals surface area contributed by atoms with Crippen molar-refractivity contribution in [3.8, 4) is 5.75 Å². The molecule has 0 unspecified atom stereocenters. The average molecular weight is 504 g/mol. The Morgan fingerprint density at radius 3 is 2.53 bits per heavy atom. The highest BCUT2D eigenvalue weighted by Crippen LogP contribution is 2.34. The maximum atomic E-state index is 12.9. The van der Waals surface area contributed by atoms with E-state index in [0.29, 0.717) is 32.7 Å². The Morgan fingerprint density at radius 2 is 1.91 bits per heavy atom. The summed E-state index contributed by atoms with van der Waals surface area (Å²) in [6.07, 6.45) is 1.64. The van der Waals surface area contributed by atoms with Crippen molar-refractivity contribution in [1.82, 2.24) is 15.0 Å². The van der Waals surface area contributed by atoms with Crippen LogP contribution in [-0.2, 0) is 4.74 Å².